The summed E-state index contributed by atoms with van der Waals surface area (Å²) in [7, 11) is 0. The largest absolute Gasteiger partial charge is 0.487 e. The monoisotopic (exact) mass is 273 g/mol. The smallest absolute Gasteiger partial charge is 0.167 e. The van der Waals surface area contributed by atoms with Gasteiger partial charge in [-0.05, 0) is 28.1 Å². The Morgan fingerprint density at radius 2 is 2.33 bits per heavy atom. The molecule has 80 valence electrons. The SMILES string of the molecule is Fc1ccccc1OC[C@@H]1CC(Br)=NO1. The van der Waals surface area contributed by atoms with Crippen LogP contribution in [0.15, 0.2) is 29.4 Å². The molecule has 0 amide bonds. The molecule has 0 saturated heterocycles. The van der Waals surface area contributed by atoms with Crippen molar-refractivity contribution in [2.24, 2.45) is 5.16 Å². The van der Waals surface area contributed by atoms with Gasteiger partial charge in [0.15, 0.2) is 17.7 Å². The molecule has 1 aromatic rings. The summed E-state index contributed by atoms with van der Waals surface area (Å²) in [5.74, 6) is -0.125. The molecule has 1 heterocycles. The van der Waals surface area contributed by atoms with Crippen LogP contribution in [0.4, 0.5) is 4.39 Å². The molecule has 15 heavy (non-hydrogen) atoms. The van der Waals surface area contributed by atoms with Crippen LogP contribution in [0.2, 0.25) is 0 Å². The highest BCUT2D eigenvalue weighted by atomic mass is 79.9. The van der Waals surface area contributed by atoms with Crippen molar-refractivity contribution < 1.29 is 14.0 Å². The number of hydrogen-bond donors (Lipinski definition) is 0. The third kappa shape index (κ3) is 2.68. The first-order chi connectivity index (χ1) is 7.25. The highest BCUT2D eigenvalue weighted by Crippen LogP contribution is 2.19. The minimum atomic E-state index is -0.365. The predicted octanol–water partition coefficient (Wildman–Crippen LogP) is 2.70. The molecule has 0 aromatic heterocycles. The maximum Gasteiger partial charge on any atom is 0.167 e. The van der Waals surface area contributed by atoms with Crippen LogP contribution < -0.4 is 4.74 Å². The van der Waals surface area contributed by atoms with Crippen molar-refractivity contribution in [3.8, 4) is 5.75 Å². The summed E-state index contributed by atoms with van der Waals surface area (Å²) in [5, 5.41) is 3.71. The van der Waals surface area contributed by atoms with E-state index in [-0.39, 0.29) is 17.7 Å². The second-order valence-corrected chi connectivity index (χ2v) is 4.06. The second kappa shape index (κ2) is 4.61. The fraction of sp³-hybridized carbons (Fsp3) is 0.300. The van der Waals surface area contributed by atoms with Gasteiger partial charge in [0.05, 0.1) is 0 Å². The van der Waals surface area contributed by atoms with E-state index in [1.54, 1.807) is 18.2 Å². The van der Waals surface area contributed by atoms with Crippen LogP contribution in [-0.4, -0.2) is 17.3 Å². The van der Waals surface area contributed by atoms with Crippen molar-refractivity contribution in [2.75, 3.05) is 6.61 Å². The lowest BCUT2D eigenvalue weighted by atomic mass is 10.3. The van der Waals surface area contributed by atoms with Gasteiger partial charge >= 0.3 is 0 Å². The quantitative estimate of drug-likeness (QED) is 0.848. The summed E-state index contributed by atoms with van der Waals surface area (Å²) in [6.45, 7) is 0.291. The molecule has 0 saturated carbocycles. The third-order valence-electron chi connectivity index (χ3n) is 1.96. The lowest BCUT2D eigenvalue weighted by molar-refractivity contribution is 0.0459. The Labute approximate surface area is 95.0 Å². The van der Waals surface area contributed by atoms with E-state index >= 15 is 0 Å². The molecule has 0 bridgehead atoms. The van der Waals surface area contributed by atoms with Gasteiger partial charge in [-0.2, -0.15) is 0 Å². The highest BCUT2D eigenvalue weighted by molar-refractivity contribution is 9.18. The first-order valence-electron chi connectivity index (χ1n) is 4.51. The van der Waals surface area contributed by atoms with Gasteiger partial charge in [0.2, 0.25) is 0 Å². The first-order valence-corrected chi connectivity index (χ1v) is 5.30. The number of rotatable bonds is 3. The molecule has 1 aliphatic heterocycles. The van der Waals surface area contributed by atoms with Crippen LogP contribution in [0.25, 0.3) is 0 Å². The second-order valence-electron chi connectivity index (χ2n) is 3.14. The Hall–Kier alpha value is -1.10. The lowest BCUT2D eigenvalue weighted by Gasteiger charge is -2.10. The Morgan fingerprint density at radius 3 is 3.00 bits per heavy atom. The van der Waals surface area contributed by atoms with E-state index in [9.17, 15) is 4.39 Å². The summed E-state index contributed by atoms with van der Waals surface area (Å²) < 4.78 is 19.2. The van der Waals surface area contributed by atoms with E-state index in [4.69, 9.17) is 9.57 Å². The van der Waals surface area contributed by atoms with E-state index < -0.39 is 0 Å². The van der Waals surface area contributed by atoms with Crippen LogP contribution in [0.5, 0.6) is 5.75 Å². The Bertz CT molecular complexity index is 383. The van der Waals surface area contributed by atoms with Crippen molar-refractivity contribution in [1.29, 1.82) is 0 Å². The van der Waals surface area contributed by atoms with E-state index in [0.717, 1.165) is 4.62 Å². The van der Waals surface area contributed by atoms with Crippen LogP contribution in [0.3, 0.4) is 0 Å². The highest BCUT2D eigenvalue weighted by Gasteiger charge is 2.20. The Balaban J connectivity index is 1.86. The van der Waals surface area contributed by atoms with E-state index in [2.05, 4.69) is 21.1 Å². The molecule has 3 nitrogen and oxygen atoms in total. The molecule has 0 radical (unpaired) electrons. The van der Waals surface area contributed by atoms with Crippen LogP contribution in [-0.2, 0) is 4.84 Å². The predicted molar refractivity (Wildman–Crippen MR) is 57.7 cm³/mol. The molecule has 5 heteroatoms. The van der Waals surface area contributed by atoms with Crippen molar-refractivity contribution in [3.63, 3.8) is 0 Å². The molecule has 1 atom stereocenters. The van der Waals surface area contributed by atoms with E-state index in [1.807, 2.05) is 0 Å². The summed E-state index contributed by atoms with van der Waals surface area (Å²) in [6, 6.07) is 6.28. The number of halogens is 2. The number of benzene rings is 1. The number of ether oxygens (including phenoxy) is 1. The maximum absolute atomic E-state index is 13.1. The lowest BCUT2D eigenvalue weighted by Crippen LogP contribution is -2.17. The molecule has 0 spiro atoms. The van der Waals surface area contributed by atoms with Crippen molar-refractivity contribution in [3.05, 3.63) is 30.1 Å². The molecule has 1 aliphatic rings. The average molecular weight is 274 g/mol. The van der Waals surface area contributed by atoms with Crippen LogP contribution >= 0.6 is 15.9 Å². The van der Waals surface area contributed by atoms with Gasteiger partial charge in [-0.1, -0.05) is 17.3 Å². The molecule has 0 fully saturated rings. The molecule has 0 unspecified atom stereocenters. The number of hydrogen-bond acceptors (Lipinski definition) is 3. The zero-order valence-corrected chi connectivity index (χ0v) is 9.41. The van der Waals surface area contributed by atoms with Crippen LogP contribution in [0.1, 0.15) is 6.42 Å². The summed E-state index contributed by atoms with van der Waals surface area (Å²) in [5.41, 5.74) is 0. The molecule has 0 aliphatic carbocycles. The van der Waals surface area contributed by atoms with E-state index in [1.165, 1.54) is 6.07 Å². The zero-order valence-electron chi connectivity index (χ0n) is 7.82. The minimum Gasteiger partial charge on any atom is -0.487 e. The van der Waals surface area contributed by atoms with Gasteiger partial charge < -0.3 is 9.57 Å². The van der Waals surface area contributed by atoms with Gasteiger partial charge in [-0.3, -0.25) is 0 Å². The molecule has 1 aromatic carbocycles. The average Bonchev–Trinajstić information content (AvgIpc) is 2.63. The summed E-state index contributed by atoms with van der Waals surface area (Å²) in [6.07, 6.45) is 0.521. The van der Waals surface area contributed by atoms with Gasteiger partial charge in [-0.25, -0.2) is 4.39 Å². The zero-order chi connectivity index (χ0) is 10.7. The first kappa shape index (κ1) is 10.4. The van der Waals surface area contributed by atoms with Crippen LogP contribution in [0, 0.1) is 5.82 Å². The van der Waals surface area contributed by atoms with Crippen molar-refractivity contribution in [2.45, 2.75) is 12.5 Å². The normalized spacial score (nSPS) is 19.6. The fourth-order valence-electron chi connectivity index (χ4n) is 1.23. The molecule has 0 N–H and O–H groups in total. The van der Waals surface area contributed by atoms with Gasteiger partial charge in [0, 0.05) is 6.42 Å². The molecular weight excluding hydrogens is 265 g/mol. The van der Waals surface area contributed by atoms with Gasteiger partial charge in [0.1, 0.15) is 11.2 Å². The summed E-state index contributed by atoms with van der Waals surface area (Å²) >= 11 is 3.21. The molecular formula is C10H9BrFNO2. The minimum absolute atomic E-state index is 0.140. The van der Waals surface area contributed by atoms with Gasteiger partial charge in [0.25, 0.3) is 0 Å². The molecule has 2 rings (SSSR count). The maximum atomic E-state index is 13.1. The standard InChI is InChI=1S/C10H9BrFNO2/c11-10-5-7(15-13-10)6-14-9-4-2-1-3-8(9)12/h1-4,7H,5-6H2/t7-/m0/s1. The van der Waals surface area contributed by atoms with Gasteiger partial charge in [-0.15, -0.1) is 0 Å². The Morgan fingerprint density at radius 1 is 1.53 bits per heavy atom. The topological polar surface area (TPSA) is 30.8 Å². The summed E-state index contributed by atoms with van der Waals surface area (Å²) in [4.78, 5) is 5.02. The third-order valence-corrected chi connectivity index (χ3v) is 2.43. The fourth-order valence-corrected chi connectivity index (χ4v) is 1.67. The Kier molecular flexibility index (Phi) is 3.20. The van der Waals surface area contributed by atoms with Crippen molar-refractivity contribution >= 4 is 20.6 Å². The van der Waals surface area contributed by atoms with E-state index in [0.29, 0.717) is 13.0 Å². The number of para-hydroxylation sites is 1. The number of oxime groups is 1. The van der Waals surface area contributed by atoms with Crippen molar-refractivity contribution in [1.82, 2.24) is 0 Å². The number of nitrogens with zero attached hydrogens (tertiary/aromatic N) is 1.